The van der Waals surface area contributed by atoms with Gasteiger partial charge < -0.3 is 9.47 Å². The standard InChI is InChI=1S/C20H16N4O3S/c1-26-12-7-8-18(27-2)13(9-12)17-11-28-20(23-17)24-19(25)16-10-21-14-5-3-4-6-15(14)22-16/h3-11H,1-2H3,(H,23,24,25). The van der Waals surface area contributed by atoms with Crippen molar-refractivity contribution in [3.05, 3.63) is 59.7 Å². The van der Waals surface area contributed by atoms with Gasteiger partial charge in [0.2, 0.25) is 0 Å². The molecule has 0 saturated heterocycles. The fourth-order valence-corrected chi connectivity index (χ4v) is 3.40. The van der Waals surface area contributed by atoms with Crippen LogP contribution in [-0.2, 0) is 0 Å². The Bertz CT molecular complexity index is 1160. The fraction of sp³-hybridized carbons (Fsp3) is 0.100. The number of nitrogens with one attached hydrogen (secondary N) is 1. The maximum Gasteiger partial charge on any atom is 0.277 e. The summed E-state index contributed by atoms with van der Waals surface area (Å²) in [5.74, 6) is 1.00. The first-order valence-electron chi connectivity index (χ1n) is 8.39. The Morgan fingerprint density at radius 3 is 2.64 bits per heavy atom. The van der Waals surface area contributed by atoms with Gasteiger partial charge in [-0.05, 0) is 30.3 Å². The van der Waals surface area contributed by atoms with Gasteiger partial charge in [0.1, 0.15) is 17.2 Å². The van der Waals surface area contributed by atoms with E-state index in [-0.39, 0.29) is 11.6 Å². The number of thiazole rings is 1. The van der Waals surface area contributed by atoms with E-state index in [4.69, 9.17) is 9.47 Å². The fourth-order valence-electron chi connectivity index (χ4n) is 2.70. The normalized spacial score (nSPS) is 10.6. The molecule has 4 aromatic rings. The minimum Gasteiger partial charge on any atom is -0.497 e. The number of hydrogen-bond acceptors (Lipinski definition) is 7. The number of amides is 1. The van der Waals surface area contributed by atoms with Crippen LogP contribution < -0.4 is 14.8 Å². The lowest BCUT2D eigenvalue weighted by Gasteiger charge is -2.08. The third-order valence-electron chi connectivity index (χ3n) is 4.09. The second-order valence-electron chi connectivity index (χ2n) is 5.80. The lowest BCUT2D eigenvalue weighted by Crippen LogP contribution is -2.14. The Labute approximate surface area is 165 Å². The summed E-state index contributed by atoms with van der Waals surface area (Å²) in [6, 6.07) is 12.9. The number of hydrogen-bond donors (Lipinski definition) is 1. The zero-order chi connectivity index (χ0) is 19.5. The smallest absolute Gasteiger partial charge is 0.277 e. The third kappa shape index (κ3) is 3.49. The van der Waals surface area contributed by atoms with Gasteiger partial charge in [-0.15, -0.1) is 11.3 Å². The van der Waals surface area contributed by atoms with Crippen molar-refractivity contribution in [3.63, 3.8) is 0 Å². The number of aromatic nitrogens is 3. The molecule has 0 atom stereocenters. The van der Waals surface area contributed by atoms with Gasteiger partial charge in [-0.1, -0.05) is 12.1 Å². The van der Waals surface area contributed by atoms with E-state index in [0.717, 1.165) is 11.1 Å². The average Bonchev–Trinajstić information content (AvgIpc) is 3.21. The number of methoxy groups -OCH3 is 2. The SMILES string of the molecule is COc1ccc(OC)c(-c2csc(NC(=O)c3cnc4ccccc4n3)n2)c1. The van der Waals surface area contributed by atoms with E-state index < -0.39 is 0 Å². The zero-order valence-corrected chi connectivity index (χ0v) is 16.0. The predicted molar refractivity (Wildman–Crippen MR) is 108 cm³/mol. The van der Waals surface area contributed by atoms with Crippen LogP contribution in [0.25, 0.3) is 22.3 Å². The maximum atomic E-state index is 12.5. The molecule has 7 nitrogen and oxygen atoms in total. The molecule has 2 aromatic heterocycles. The van der Waals surface area contributed by atoms with Crippen molar-refractivity contribution in [2.75, 3.05) is 19.5 Å². The molecular formula is C20H16N4O3S. The Hall–Kier alpha value is -3.52. The molecule has 4 rings (SSSR count). The summed E-state index contributed by atoms with van der Waals surface area (Å²) in [6.07, 6.45) is 1.46. The van der Waals surface area contributed by atoms with E-state index in [1.165, 1.54) is 17.5 Å². The van der Waals surface area contributed by atoms with E-state index in [0.29, 0.717) is 27.8 Å². The van der Waals surface area contributed by atoms with Crippen molar-refractivity contribution in [1.82, 2.24) is 15.0 Å². The number of carbonyl (C=O) groups is 1. The largest absolute Gasteiger partial charge is 0.497 e. The highest BCUT2D eigenvalue weighted by atomic mass is 32.1. The van der Waals surface area contributed by atoms with Gasteiger partial charge in [0.15, 0.2) is 5.13 Å². The zero-order valence-electron chi connectivity index (χ0n) is 15.2. The second kappa shape index (κ2) is 7.61. The van der Waals surface area contributed by atoms with E-state index in [2.05, 4.69) is 20.3 Å². The number of anilines is 1. The number of nitrogens with zero attached hydrogens (tertiary/aromatic N) is 3. The van der Waals surface area contributed by atoms with Gasteiger partial charge >= 0.3 is 0 Å². The number of ether oxygens (including phenoxy) is 2. The summed E-state index contributed by atoms with van der Waals surface area (Å²) in [6.45, 7) is 0. The predicted octanol–water partition coefficient (Wildman–Crippen LogP) is 4.02. The van der Waals surface area contributed by atoms with Crippen molar-refractivity contribution < 1.29 is 14.3 Å². The van der Waals surface area contributed by atoms with Crippen molar-refractivity contribution in [3.8, 4) is 22.8 Å². The van der Waals surface area contributed by atoms with Crippen LogP contribution in [0.15, 0.2) is 54.0 Å². The van der Waals surface area contributed by atoms with Crippen LogP contribution in [0.5, 0.6) is 11.5 Å². The molecule has 2 aromatic carbocycles. The summed E-state index contributed by atoms with van der Waals surface area (Å²) in [4.78, 5) is 25.7. The van der Waals surface area contributed by atoms with E-state index >= 15 is 0 Å². The van der Waals surface area contributed by atoms with Crippen molar-refractivity contribution in [1.29, 1.82) is 0 Å². The highest BCUT2D eigenvalue weighted by molar-refractivity contribution is 7.14. The molecule has 8 heteroatoms. The van der Waals surface area contributed by atoms with Gasteiger partial charge in [-0.25, -0.2) is 9.97 Å². The van der Waals surface area contributed by atoms with Crippen LogP contribution in [-0.4, -0.2) is 35.1 Å². The minimum atomic E-state index is -0.364. The van der Waals surface area contributed by atoms with Crippen LogP contribution >= 0.6 is 11.3 Å². The molecule has 0 radical (unpaired) electrons. The van der Waals surface area contributed by atoms with Crippen LogP contribution in [0.2, 0.25) is 0 Å². The van der Waals surface area contributed by atoms with Gasteiger partial charge in [0, 0.05) is 10.9 Å². The Morgan fingerprint density at radius 1 is 1.04 bits per heavy atom. The molecule has 0 bridgehead atoms. The van der Waals surface area contributed by atoms with Gasteiger partial charge in [-0.3, -0.25) is 15.1 Å². The first-order valence-corrected chi connectivity index (χ1v) is 9.27. The molecule has 28 heavy (non-hydrogen) atoms. The molecule has 0 fully saturated rings. The molecule has 0 spiro atoms. The highest BCUT2D eigenvalue weighted by Crippen LogP contribution is 2.35. The van der Waals surface area contributed by atoms with E-state index in [1.54, 1.807) is 14.2 Å². The van der Waals surface area contributed by atoms with Crippen LogP contribution in [0, 0.1) is 0 Å². The molecule has 0 aliphatic heterocycles. The summed E-state index contributed by atoms with van der Waals surface area (Å²) in [5.41, 5.74) is 3.09. The average molecular weight is 392 g/mol. The first kappa shape index (κ1) is 17.9. The van der Waals surface area contributed by atoms with E-state index in [9.17, 15) is 4.79 Å². The van der Waals surface area contributed by atoms with Gasteiger partial charge in [-0.2, -0.15) is 0 Å². The molecule has 0 aliphatic carbocycles. The summed E-state index contributed by atoms with van der Waals surface area (Å²) in [5, 5.41) is 5.08. The number of benzene rings is 2. The number of carbonyl (C=O) groups excluding carboxylic acids is 1. The summed E-state index contributed by atoms with van der Waals surface area (Å²) >= 11 is 1.32. The highest BCUT2D eigenvalue weighted by Gasteiger charge is 2.15. The Kier molecular flexibility index (Phi) is 4.86. The summed E-state index contributed by atoms with van der Waals surface area (Å²) < 4.78 is 10.7. The maximum absolute atomic E-state index is 12.5. The van der Waals surface area contributed by atoms with Gasteiger partial charge in [0.05, 0.1) is 37.1 Å². The Morgan fingerprint density at radius 2 is 1.86 bits per heavy atom. The topological polar surface area (TPSA) is 86.2 Å². The molecule has 0 saturated carbocycles. The Balaban J connectivity index is 1.58. The van der Waals surface area contributed by atoms with Crippen molar-refractivity contribution in [2.24, 2.45) is 0 Å². The summed E-state index contributed by atoms with van der Waals surface area (Å²) in [7, 11) is 3.20. The first-order chi connectivity index (χ1) is 13.7. The lowest BCUT2D eigenvalue weighted by atomic mass is 10.1. The molecule has 0 unspecified atom stereocenters. The number of rotatable bonds is 5. The van der Waals surface area contributed by atoms with Crippen molar-refractivity contribution >= 4 is 33.4 Å². The van der Waals surface area contributed by atoms with Crippen LogP contribution in [0.4, 0.5) is 5.13 Å². The second-order valence-corrected chi connectivity index (χ2v) is 6.66. The molecule has 0 aliphatic rings. The van der Waals surface area contributed by atoms with Crippen LogP contribution in [0.1, 0.15) is 10.5 Å². The number of para-hydroxylation sites is 2. The van der Waals surface area contributed by atoms with E-state index in [1.807, 2.05) is 47.8 Å². The minimum absolute atomic E-state index is 0.231. The molecular weight excluding hydrogens is 376 g/mol. The van der Waals surface area contributed by atoms with Crippen LogP contribution in [0.3, 0.4) is 0 Å². The third-order valence-corrected chi connectivity index (χ3v) is 4.85. The molecule has 140 valence electrons. The lowest BCUT2D eigenvalue weighted by molar-refractivity contribution is 0.102. The van der Waals surface area contributed by atoms with Crippen molar-refractivity contribution in [2.45, 2.75) is 0 Å². The molecule has 2 heterocycles. The quantitative estimate of drug-likeness (QED) is 0.552. The monoisotopic (exact) mass is 392 g/mol. The number of fused-ring (bicyclic) bond motifs is 1. The molecule has 1 amide bonds. The van der Waals surface area contributed by atoms with Gasteiger partial charge in [0.25, 0.3) is 5.91 Å². The molecule has 1 N–H and O–H groups in total.